The van der Waals surface area contributed by atoms with Crippen LogP contribution in [0, 0.1) is 6.92 Å². The maximum absolute atomic E-state index is 4.25. The van der Waals surface area contributed by atoms with Crippen molar-refractivity contribution in [3.05, 3.63) is 40.5 Å². The van der Waals surface area contributed by atoms with E-state index in [4.69, 9.17) is 0 Å². The van der Waals surface area contributed by atoms with E-state index in [-0.39, 0.29) is 0 Å². The highest BCUT2D eigenvalue weighted by molar-refractivity contribution is 9.10. The molecular weight excluding hydrogens is 214 g/mol. The zero-order valence-corrected chi connectivity index (χ0v) is 8.30. The van der Waals surface area contributed by atoms with Crippen LogP contribution in [-0.2, 0) is 0 Å². The highest BCUT2D eigenvalue weighted by atomic mass is 79.9. The van der Waals surface area contributed by atoms with Crippen LogP contribution in [0.2, 0.25) is 0 Å². The molecule has 2 heteroatoms. The molecule has 1 aromatic heterocycles. The van der Waals surface area contributed by atoms with Gasteiger partial charge in [0.2, 0.25) is 0 Å². The van der Waals surface area contributed by atoms with Gasteiger partial charge in [0.25, 0.3) is 0 Å². The quantitative estimate of drug-likeness (QED) is 0.666. The lowest BCUT2D eigenvalue weighted by molar-refractivity contribution is 1.38. The van der Waals surface area contributed by atoms with Gasteiger partial charge in [-0.2, -0.15) is 0 Å². The van der Waals surface area contributed by atoms with Crippen molar-refractivity contribution in [1.82, 2.24) is 4.98 Å². The lowest BCUT2D eigenvalue weighted by Gasteiger charge is -2.01. The van der Waals surface area contributed by atoms with E-state index in [0.29, 0.717) is 0 Å². The van der Waals surface area contributed by atoms with E-state index >= 15 is 0 Å². The lowest BCUT2D eigenvalue weighted by atomic mass is 10.1. The van der Waals surface area contributed by atoms with Crippen molar-refractivity contribution in [2.45, 2.75) is 6.92 Å². The van der Waals surface area contributed by atoms with Gasteiger partial charge in [-0.3, -0.25) is 4.98 Å². The predicted octanol–water partition coefficient (Wildman–Crippen LogP) is 3.31. The van der Waals surface area contributed by atoms with E-state index in [0.717, 1.165) is 9.99 Å². The first-order valence-corrected chi connectivity index (χ1v) is 4.58. The van der Waals surface area contributed by atoms with Gasteiger partial charge in [0.05, 0.1) is 5.52 Å². The zero-order chi connectivity index (χ0) is 8.55. The normalized spacial score (nSPS) is 10.5. The summed E-state index contributed by atoms with van der Waals surface area (Å²) >= 11 is 3.54. The minimum atomic E-state index is 1.04. The number of hydrogen-bond acceptors (Lipinski definition) is 1. The van der Waals surface area contributed by atoms with E-state index in [1.807, 2.05) is 18.3 Å². The maximum Gasteiger partial charge on any atom is 0.0713 e. The van der Waals surface area contributed by atoms with Gasteiger partial charge in [0.15, 0.2) is 0 Å². The van der Waals surface area contributed by atoms with Gasteiger partial charge in [0.1, 0.15) is 0 Å². The number of benzene rings is 1. The monoisotopic (exact) mass is 221 g/mol. The van der Waals surface area contributed by atoms with Crippen LogP contribution in [-0.4, -0.2) is 4.98 Å². The first-order valence-electron chi connectivity index (χ1n) is 3.79. The summed E-state index contributed by atoms with van der Waals surface area (Å²) < 4.78 is 1.15. The van der Waals surface area contributed by atoms with Crippen LogP contribution in [0.4, 0.5) is 0 Å². The Balaban J connectivity index is 2.91. The standard InChI is InChI=1S/C10H8BrN/c1-7-4-5-9-8(10(7)11)3-2-6-12-9/h2-6H,1H3. The molecule has 2 aromatic rings. The fourth-order valence-corrected chi connectivity index (χ4v) is 1.69. The third-order valence-electron chi connectivity index (χ3n) is 1.91. The van der Waals surface area contributed by atoms with Crippen LogP contribution in [0.1, 0.15) is 5.56 Å². The van der Waals surface area contributed by atoms with Crippen LogP contribution in [0.25, 0.3) is 10.9 Å². The van der Waals surface area contributed by atoms with E-state index in [2.05, 4.69) is 40.0 Å². The number of rotatable bonds is 0. The van der Waals surface area contributed by atoms with Crippen molar-refractivity contribution in [2.75, 3.05) is 0 Å². The Kier molecular flexibility index (Phi) is 1.85. The van der Waals surface area contributed by atoms with Crippen LogP contribution in [0.15, 0.2) is 34.9 Å². The Labute approximate surface area is 79.6 Å². The fourth-order valence-electron chi connectivity index (χ4n) is 1.23. The van der Waals surface area contributed by atoms with Crippen molar-refractivity contribution in [3.63, 3.8) is 0 Å². The molecule has 12 heavy (non-hydrogen) atoms. The molecule has 1 nitrogen and oxygen atoms in total. The summed E-state index contributed by atoms with van der Waals surface area (Å²) in [5, 5.41) is 1.18. The number of aryl methyl sites for hydroxylation is 1. The van der Waals surface area contributed by atoms with Crippen molar-refractivity contribution in [3.8, 4) is 0 Å². The van der Waals surface area contributed by atoms with Gasteiger partial charge in [-0.05, 0) is 40.5 Å². The average Bonchev–Trinajstić information content (AvgIpc) is 2.12. The lowest BCUT2D eigenvalue weighted by Crippen LogP contribution is -1.81. The SMILES string of the molecule is Cc1ccc2ncccc2c1Br. The van der Waals surface area contributed by atoms with E-state index < -0.39 is 0 Å². The summed E-state index contributed by atoms with van der Waals surface area (Å²) in [7, 11) is 0. The van der Waals surface area contributed by atoms with E-state index in [1.165, 1.54) is 10.9 Å². The van der Waals surface area contributed by atoms with E-state index in [9.17, 15) is 0 Å². The van der Waals surface area contributed by atoms with Gasteiger partial charge in [0, 0.05) is 16.1 Å². The third kappa shape index (κ3) is 1.12. The molecule has 0 unspecified atom stereocenters. The second-order valence-electron chi connectivity index (χ2n) is 2.77. The Morgan fingerprint density at radius 3 is 2.92 bits per heavy atom. The molecule has 0 radical (unpaired) electrons. The number of hydrogen-bond donors (Lipinski definition) is 0. The summed E-state index contributed by atoms with van der Waals surface area (Å²) in [6, 6.07) is 8.13. The van der Waals surface area contributed by atoms with Gasteiger partial charge in [-0.25, -0.2) is 0 Å². The number of halogens is 1. The van der Waals surface area contributed by atoms with Gasteiger partial charge in [-0.1, -0.05) is 12.1 Å². The summed E-state index contributed by atoms with van der Waals surface area (Å²) in [5.74, 6) is 0. The molecule has 2 rings (SSSR count). The second kappa shape index (κ2) is 2.87. The Bertz CT molecular complexity index is 423. The highest BCUT2D eigenvalue weighted by Crippen LogP contribution is 2.25. The van der Waals surface area contributed by atoms with Crippen LogP contribution < -0.4 is 0 Å². The molecular formula is C10H8BrN. The first-order chi connectivity index (χ1) is 5.79. The van der Waals surface area contributed by atoms with Crippen LogP contribution in [0.5, 0.6) is 0 Å². The largest absolute Gasteiger partial charge is 0.256 e. The molecule has 0 aliphatic heterocycles. The molecule has 60 valence electrons. The zero-order valence-electron chi connectivity index (χ0n) is 6.71. The van der Waals surface area contributed by atoms with Crippen LogP contribution >= 0.6 is 15.9 Å². The molecule has 0 bridgehead atoms. The minimum absolute atomic E-state index is 1.04. The summed E-state index contributed by atoms with van der Waals surface area (Å²) in [6.45, 7) is 2.08. The second-order valence-corrected chi connectivity index (χ2v) is 3.56. The average molecular weight is 222 g/mol. The molecule has 0 saturated carbocycles. The van der Waals surface area contributed by atoms with Crippen molar-refractivity contribution >= 4 is 26.8 Å². The first kappa shape index (κ1) is 7.74. The predicted molar refractivity (Wildman–Crippen MR) is 54.2 cm³/mol. The van der Waals surface area contributed by atoms with Gasteiger partial charge in [-0.15, -0.1) is 0 Å². The third-order valence-corrected chi connectivity index (χ3v) is 2.97. The highest BCUT2D eigenvalue weighted by Gasteiger charge is 2.00. The van der Waals surface area contributed by atoms with E-state index in [1.54, 1.807) is 0 Å². The summed E-state index contributed by atoms with van der Waals surface area (Å²) in [6.07, 6.45) is 1.81. The molecule has 0 saturated heterocycles. The van der Waals surface area contributed by atoms with Crippen molar-refractivity contribution in [2.24, 2.45) is 0 Å². The summed E-state index contributed by atoms with van der Waals surface area (Å²) in [5.41, 5.74) is 2.28. The minimum Gasteiger partial charge on any atom is -0.256 e. The Hall–Kier alpha value is -0.890. The molecule has 0 fully saturated rings. The molecule has 1 heterocycles. The molecule has 1 aromatic carbocycles. The van der Waals surface area contributed by atoms with Gasteiger partial charge >= 0.3 is 0 Å². The Morgan fingerprint density at radius 1 is 1.25 bits per heavy atom. The molecule has 0 amide bonds. The molecule has 0 N–H and O–H groups in total. The number of aromatic nitrogens is 1. The topological polar surface area (TPSA) is 12.9 Å². The number of fused-ring (bicyclic) bond motifs is 1. The number of nitrogens with zero attached hydrogens (tertiary/aromatic N) is 1. The maximum atomic E-state index is 4.25. The molecule has 0 aliphatic carbocycles. The number of pyridine rings is 1. The fraction of sp³-hybridized carbons (Fsp3) is 0.100. The van der Waals surface area contributed by atoms with Crippen LogP contribution in [0.3, 0.4) is 0 Å². The van der Waals surface area contributed by atoms with Crippen molar-refractivity contribution < 1.29 is 0 Å². The van der Waals surface area contributed by atoms with Gasteiger partial charge < -0.3 is 0 Å². The Morgan fingerprint density at radius 2 is 2.08 bits per heavy atom. The molecule has 0 atom stereocenters. The molecule has 0 aliphatic rings. The summed E-state index contributed by atoms with van der Waals surface area (Å²) in [4.78, 5) is 4.25. The molecule has 0 spiro atoms. The van der Waals surface area contributed by atoms with Crippen molar-refractivity contribution in [1.29, 1.82) is 0 Å². The smallest absolute Gasteiger partial charge is 0.0713 e.